The molecule has 0 bridgehead atoms. The molecule has 0 aliphatic rings. The first kappa shape index (κ1) is 14.2. The molecule has 0 atom stereocenters. The molecule has 0 aliphatic carbocycles. The molecule has 2 aromatic rings. The molecule has 0 amide bonds. The summed E-state index contributed by atoms with van der Waals surface area (Å²) in [6.45, 7) is 3.58. The van der Waals surface area contributed by atoms with Gasteiger partial charge in [0.15, 0.2) is 5.82 Å². The van der Waals surface area contributed by atoms with Crippen LogP contribution in [0.4, 0.5) is 11.5 Å². The van der Waals surface area contributed by atoms with Gasteiger partial charge in [0.2, 0.25) is 0 Å². The fourth-order valence-electron chi connectivity index (χ4n) is 1.67. The summed E-state index contributed by atoms with van der Waals surface area (Å²) in [4.78, 5) is -0.0277. The van der Waals surface area contributed by atoms with Gasteiger partial charge < -0.3 is 10.5 Å². The maximum absolute atomic E-state index is 12.4. The highest BCUT2D eigenvalue weighted by atomic mass is 32.2. The second kappa shape index (κ2) is 5.04. The van der Waals surface area contributed by atoms with Gasteiger partial charge in [-0.1, -0.05) is 0 Å². The Bertz CT molecular complexity index is 737. The number of nitrogen functional groups attached to an aromatic ring is 1. The van der Waals surface area contributed by atoms with Crippen LogP contribution >= 0.6 is 0 Å². The van der Waals surface area contributed by atoms with Gasteiger partial charge in [-0.05, 0) is 32.0 Å². The van der Waals surface area contributed by atoms with Crippen LogP contribution in [0.1, 0.15) is 11.3 Å². The van der Waals surface area contributed by atoms with E-state index < -0.39 is 10.0 Å². The van der Waals surface area contributed by atoms with Gasteiger partial charge >= 0.3 is 0 Å². The number of methoxy groups -OCH3 is 1. The maximum atomic E-state index is 12.4. The molecule has 4 N–H and O–H groups in total. The lowest BCUT2D eigenvalue weighted by Gasteiger charge is -2.11. The Morgan fingerprint density at radius 2 is 2.05 bits per heavy atom. The first-order valence-corrected chi connectivity index (χ1v) is 7.31. The number of hydrogen-bond acceptors (Lipinski definition) is 5. The van der Waals surface area contributed by atoms with Crippen molar-refractivity contribution >= 4 is 21.5 Å². The van der Waals surface area contributed by atoms with Crippen LogP contribution in [-0.4, -0.2) is 25.7 Å². The summed E-state index contributed by atoms with van der Waals surface area (Å²) in [6, 6.07) is 4.42. The molecule has 1 heterocycles. The Kier molecular flexibility index (Phi) is 3.58. The van der Waals surface area contributed by atoms with Crippen molar-refractivity contribution in [2.45, 2.75) is 18.7 Å². The molecule has 0 fully saturated rings. The molecule has 0 saturated heterocycles. The van der Waals surface area contributed by atoms with E-state index >= 15 is 0 Å². The summed E-state index contributed by atoms with van der Waals surface area (Å²) in [5, 5.41) is 6.63. The second-order valence-electron chi connectivity index (χ2n) is 4.34. The molecule has 108 valence electrons. The highest BCUT2D eigenvalue weighted by molar-refractivity contribution is 7.92. The number of sulfonamides is 1. The highest BCUT2D eigenvalue weighted by Crippen LogP contribution is 2.28. The molecule has 0 aliphatic heterocycles. The van der Waals surface area contributed by atoms with E-state index in [9.17, 15) is 8.42 Å². The van der Waals surface area contributed by atoms with Crippen LogP contribution in [0.5, 0.6) is 5.75 Å². The number of H-pyrrole nitrogens is 1. The van der Waals surface area contributed by atoms with Crippen LogP contribution < -0.4 is 15.2 Å². The number of ether oxygens (including phenoxy) is 1. The van der Waals surface area contributed by atoms with Gasteiger partial charge in [0, 0.05) is 16.9 Å². The summed E-state index contributed by atoms with van der Waals surface area (Å²) >= 11 is 0. The number of hydrogen-bond donors (Lipinski definition) is 3. The molecule has 1 aromatic heterocycles. The number of benzene rings is 1. The van der Waals surface area contributed by atoms with Crippen LogP contribution in [-0.2, 0) is 10.0 Å². The number of anilines is 2. The Balaban J connectivity index is 2.45. The zero-order valence-electron chi connectivity index (χ0n) is 11.4. The van der Waals surface area contributed by atoms with Crippen molar-refractivity contribution in [3.8, 4) is 5.75 Å². The minimum absolute atomic E-state index is 0.0277. The number of nitrogens with one attached hydrogen (secondary N) is 2. The Labute approximate surface area is 117 Å². The van der Waals surface area contributed by atoms with Gasteiger partial charge in [0.05, 0.1) is 7.11 Å². The monoisotopic (exact) mass is 296 g/mol. The molecule has 7 nitrogen and oxygen atoms in total. The van der Waals surface area contributed by atoms with E-state index in [1.54, 1.807) is 19.9 Å². The van der Waals surface area contributed by atoms with Crippen LogP contribution in [0.2, 0.25) is 0 Å². The molecule has 2 rings (SSSR count). The number of aromatic nitrogens is 2. The summed E-state index contributed by atoms with van der Waals surface area (Å²) in [5.74, 6) is 0.476. The lowest BCUT2D eigenvalue weighted by Crippen LogP contribution is -2.15. The number of rotatable bonds is 4. The number of nitrogens with two attached hydrogens (primary N) is 1. The second-order valence-corrected chi connectivity index (χ2v) is 5.99. The summed E-state index contributed by atoms with van der Waals surface area (Å²) in [5.41, 5.74) is 7.50. The van der Waals surface area contributed by atoms with E-state index in [1.165, 1.54) is 19.2 Å². The van der Waals surface area contributed by atoms with Crippen LogP contribution in [0, 0.1) is 13.8 Å². The van der Waals surface area contributed by atoms with Crippen molar-refractivity contribution in [2.75, 3.05) is 17.6 Å². The average Bonchev–Trinajstić information content (AvgIpc) is 2.70. The lowest BCUT2D eigenvalue weighted by atomic mass is 10.3. The highest BCUT2D eigenvalue weighted by Gasteiger charge is 2.22. The van der Waals surface area contributed by atoms with E-state index in [-0.39, 0.29) is 16.5 Å². The smallest absolute Gasteiger partial charge is 0.266 e. The van der Waals surface area contributed by atoms with Gasteiger partial charge in [-0.25, -0.2) is 8.42 Å². The predicted octanol–water partition coefficient (Wildman–Crippen LogP) is 1.42. The molecule has 1 aromatic carbocycles. The fourth-order valence-corrected chi connectivity index (χ4v) is 2.94. The summed E-state index contributed by atoms with van der Waals surface area (Å²) < 4.78 is 32.3. The number of aromatic amines is 1. The molecular weight excluding hydrogens is 280 g/mol. The third-order valence-corrected chi connectivity index (χ3v) is 4.32. The van der Waals surface area contributed by atoms with Gasteiger partial charge in [-0.2, -0.15) is 5.10 Å². The average molecular weight is 296 g/mol. The Morgan fingerprint density at radius 1 is 1.35 bits per heavy atom. The third kappa shape index (κ3) is 2.55. The van der Waals surface area contributed by atoms with Crippen molar-refractivity contribution in [1.29, 1.82) is 0 Å². The molecule has 0 spiro atoms. The summed E-state index contributed by atoms with van der Waals surface area (Å²) in [6.07, 6.45) is 0. The first-order valence-electron chi connectivity index (χ1n) is 5.83. The molecular formula is C12H16N4O3S. The van der Waals surface area contributed by atoms with E-state index in [0.717, 1.165) is 11.3 Å². The van der Waals surface area contributed by atoms with Gasteiger partial charge in [0.1, 0.15) is 10.6 Å². The van der Waals surface area contributed by atoms with Crippen molar-refractivity contribution in [1.82, 2.24) is 10.2 Å². The van der Waals surface area contributed by atoms with Crippen LogP contribution in [0.15, 0.2) is 23.1 Å². The van der Waals surface area contributed by atoms with E-state index in [1.807, 2.05) is 0 Å². The van der Waals surface area contributed by atoms with E-state index in [2.05, 4.69) is 14.9 Å². The zero-order valence-corrected chi connectivity index (χ0v) is 12.2. The standard InChI is InChI=1S/C12H16N4O3S/c1-7-8(2)14-15-12(7)16-20(17,18)11-6-9(13)4-5-10(11)19-3/h4-6H,13H2,1-3H3,(H2,14,15,16). The minimum atomic E-state index is -3.83. The zero-order chi connectivity index (χ0) is 14.9. The van der Waals surface area contributed by atoms with Crippen molar-refractivity contribution in [3.63, 3.8) is 0 Å². The molecule has 8 heteroatoms. The predicted molar refractivity (Wildman–Crippen MR) is 76.3 cm³/mol. The van der Waals surface area contributed by atoms with E-state index in [4.69, 9.17) is 10.5 Å². The van der Waals surface area contributed by atoms with Gasteiger partial charge in [-0.3, -0.25) is 9.82 Å². The summed E-state index contributed by atoms with van der Waals surface area (Å²) in [7, 11) is -2.43. The van der Waals surface area contributed by atoms with Crippen LogP contribution in [0.25, 0.3) is 0 Å². The maximum Gasteiger partial charge on any atom is 0.266 e. The molecule has 0 radical (unpaired) electrons. The Hall–Kier alpha value is -2.22. The fraction of sp³-hybridized carbons (Fsp3) is 0.250. The first-order chi connectivity index (χ1) is 9.35. The minimum Gasteiger partial charge on any atom is -0.495 e. The van der Waals surface area contributed by atoms with Crippen LogP contribution in [0.3, 0.4) is 0 Å². The number of aryl methyl sites for hydroxylation is 1. The SMILES string of the molecule is COc1ccc(N)cc1S(=O)(=O)Nc1n[nH]c(C)c1C. The largest absolute Gasteiger partial charge is 0.495 e. The van der Waals surface area contributed by atoms with Crippen molar-refractivity contribution in [2.24, 2.45) is 0 Å². The number of nitrogens with zero attached hydrogens (tertiary/aromatic N) is 1. The quantitative estimate of drug-likeness (QED) is 0.739. The molecule has 0 saturated carbocycles. The van der Waals surface area contributed by atoms with E-state index in [0.29, 0.717) is 5.69 Å². The van der Waals surface area contributed by atoms with Gasteiger partial charge in [-0.15, -0.1) is 0 Å². The normalized spacial score (nSPS) is 11.3. The van der Waals surface area contributed by atoms with Crippen molar-refractivity contribution in [3.05, 3.63) is 29.5 Å². The molecule has 20 heavy (non-hydrogen) atoms. The Morgan fingerprint density at radius 3 is 2.60 bits per heavy atom. The topological polar surface area (TPSA) is 110 Å². The van der Waals surface area contributed by atoms with Gasteiger partial charge in [0.25, 0.3) is 10.0 Å². The molecule has 0 unspecified atom stereocenters. The van der Waals surface area contributed by atoms with Crippen molar-refractivity contribution < 1.29 is 13.2 Å². The third-order valence-electron chi connectivity index (χ3n) is 2.96. The lowest BCUT2D eigenvalue weighted by molar-refractivity contribution is 0.403.